The number of aliphatic carboxylic acids is 1. The molecule has 21 nitrogen and oxygen atoms in total. The van der Waals surface area contributed by atoms with Crippen LogP contribution in [0.5, 0.6) is 28.7 Å². The molecule has 2 aliphatic carbocycles. The SMILES string of the molecule is CCN1N=C(C(=O)O)N(c2ccc(CN3CCC(C(=O)N[C@H]4C[C@H](O[C@H]5C[C@](O)(C(=O)CO)Cc6c(O)c7c(c(O)c65)C(=O)c5c(OC)cccc5C7=O)O[C@@H](C)[C@H]4O)CC3)cc2)C1c1cc(C(C)C)c(O)cc1O. The Bertz CT molecular complexity index is 2990. The molecule has 0 aromatic heterocycles. The second-order valence-corrected chi connectivity index (χ2v) is 20.2. The number of hydrogen-bond acceptors (Lipinski definition) is 19. The van der Waals surface area contributed by atoms with Crippen LogP contribution in [0.4, 0.5) is 5.69 Å². The molecule has 7 atom stereocenters. The molecule has 0 spiro atoms. The van der Waals surface area contributed by atoms with Gasteiger partial charge in [0.25, 0.3) is 0 Å². The minimum absolute atomic E-state index is 0.0523. The number of carboxylic acids is 1. The third-order valence-electron chi connectivity index (χ3n) is 15.2. The number of phenolic OH excluding ortho intramolecular Hbond substituents is 4. The van der Waals surface area contributed by atoms with Crippen molar-refractivity contribution in [3.63, 3.8) is 0 Å². The van der Waals surface area contributed by atoms with Crippen molar-refractivity contribution in [1.82, 2.24) is 15.2 Å². The fourth-order valence-corrected chi connectivity index (χ4v) is 11.2. The van der Waals surface area contributed by atoms with Crippen LogP contribution in [0, 0.1) is 5.92 Å². The van der Waals surface area contributed by atoms with E-state index in [2.05, 4.69) is 15.3 Å². The van der Waals surface area contributed by atoms with Gasteiger partial charge in [0.1, 0.15) is 47.1 Å². The highest BCUT2D eigenvalue weighted by Gasteiger charge is 2.51. The van der Waals surface area contributed by atoms with Crippen LogP contribution in [-0.2, 0) is 36.8 Å². The van der Waals surface area contributed by atoms with Crippen LogP contribution in [-0.4, -0.2) is 149 Å². The second-order valence-electron chi connectivity index (χ2n) is 20.2. The highest BCUT2D eigenvalue weighted by molar-refractivity contribution is 6.40. The van der Waals surface area contributed by atoms with Crippen LogP contribution in [0.3, 0.4) is 0 Å². The quantitative estimate of drug-likeness (QED) is 0.0714. The molecule has 5 aliphatic rings. The number of phenols is 4. The fraction of sp³-hybridized carbons (Fsp3) is 0.444. The van der Waals surface area contributed by atoms with Crippen molar-refractivity contribution < 1.29 is 79.0 Å². The zero-order valence-corrected chi connectivity index (χ0v) is 42.0. The van der Waals surface area contributed by atoms with E-state index in [0.717, 1.165) is 5.56 Å². The Hall–Kier alpha value is -7.14. The van der Waals surface area contributed by atoms with Crippen molar-refractivity contribution in [2.24, 2.45) is 11.0 Å². The number of nitrogens with zero attached hydrogens (tertiary/aromatic N) is 4. The first-order chi connectivity index (χ1) is 35.7. The number of rotatable bonds is 14. The minimum atomic E-state index is -2.37. The Morgan fingerprint density at radius 1 is 0.947 bits per heavy atom. The standard InChI is InChI=1S/C54H61N5O16/c1-6-58-52(32-18-31(25(2)3)35(61)20-36(32)62)59(50(56-58)53(70)71)29-12-10-27(11-13-29)23-57-16-14-28(15-17-57)51(69)55-34-19-40(74-26(4)45(34)64)75-38-22-54(72,39(63)24-60)21-33-42(38)49(68)44-43(47(33)66)46(65)30-8-7-9-37(73-5)41(30)48(44)67/h7-13,18,20,25-26,28,34,38,40,45,52,60-62,64,66,68,72H,6,14-17,19,21-24H2,1-5H3,(H,55,69)(H,70,71)/t26-,34-,38-,40-,45+,52?,54-/m0/s1. The number of fused-ring (bicyclic) bond motifs is 3. The first-order valence-electron chi connectivity index (χ1n) is 25.0. The van der Waals surface area contributed by atoms with Gasteiger partial charge in [-0.1, -0.05) is 38.1 Å². The van der Waals surface area contributed by atoms with Gasteiger partial charge in [-0.15, -0.1) is 5.10 Å². The van der Waals surface area contributed by atoms with Crippen LogP contribution in [0.1, 0.15) is 131 Å². The monoisotopic (exact) mass is 1040 g/mol. The summed E-state index contributed by atoms with van der Waals surface area (Å²) in [6, 6.07) is 13.7. The number of aromatic hydroxyl groups is 4. The van der Waals surface area contributed by atoms with E-state index in [4.69, 9.17) is 14.2 Å². The van der Waals surface area contributed by atoms with Crippen LogP contribution in [0.2, 0.25) is 0 Å². The summed E-state index contributed by atoms with van der Waals surface area (Å²) < 4.78 is 17.8. The number of benzene rings is 4. The van der Waals surface area contributed by atoms with Gasteiger partial charge in [0.2, 0.25) is 17.5 Å². The van der Waals surface area contributed by atoms with E-state index >= 15 is 0 Å². The minimum Gasteiger partial charge on any atom is -0.508 e. The largest absolute Gasteiger partial charge is 0.508 e. The van der Waals surface area contributed by atoms with Gasteiger partial charge in [0.05, 0.1) is 42.0 Å². The smallest absolute Gasteiger partial charge is 0.374 e. The second kappa shape index (κ2) is 20.5. The molecular formula is C54H61N5O16. The Morgan fingerprint density at radius 2 is 1.64 bits per heavy atom. The molecule has 1 amide bonds. The number of Topliss-reactive ketones (excluding diaryl/α,β-unsaturated/α-hetero) is 1. The summed E-state index contributed by atoms with van der Waals surface area (Å²) in [7, 11) is 1.31. The molecule has 0 radical (unpaired) electrons. The highest BCUT2D eigenvalue weighted by Crippen LogP contribution is 2.53. The number of amides is 1. The molecule has 0 saturated carbocycles. The van der Waals surface area contributed by atoms with Gasteiger partial charge in [0, 0.05) is 72.3 Å². The molecule has 0 bridgehead atoms. The van der Waals surface area contributed by atoms with Gasteiger partial charge in [-0.05, 0) is 81.1 Å². The van der Waals surface area contributed by atoms with E-state index in [1.54, 1.807) is 35.0 Å². The summed E-state index contributed by atoms with van der Waals surface area (Å²) in [5, 5.41) is 97.3. The Balaban J connectivity index is 0.872. The van der Waals surface area contributed by atoms with Gasteiger partial charge in [0.15, 0.2) is 24.0 Å². The number of methoxy groups -OCH3 is 1. The number of anilines is 1. The molecule has 1 unspecified atom stereocenters. The number of carbonyl (C=O) groups is 5. The molecule has 4 aromatic carbocycles. The predicted molar refractivity (Wildman–Crippen MR) is 267 cm³/mol. The lowest BCUT2D eigenvalue weighted by Gasteiger charge is -2.43. The number of piperidine rings is 1. The Morgan fingerprint density at radius 3 is 2.28 bits per heavy atom. The van der Waals surface area contributed by atoms with Crippen molar-refractivity contribution in [2.45, 2.75) is 115 Å². The maximum atomic E-state index is 14.1. The van der Waals surface area contributed by atoms with Gasteiger partial charge in [-0.25, -0.2) is 4.79 Å². The van der Waals surface area contributed by atoms with Crippen LogP contribution >= 0.6 is 0 Å². The third-order valence-corrected chi connectivity index (χ3v) is 15.2. The van der Waals surface area contributed by atoms with Crippen molar-refractivity contribution >= 4 is 40.7 Å². The zero-order chi connectivity index (χ0) is 53.9. The van der Waals surface area contributed by atoms with Gasteiger partial charge in [-0.2, -0.15) is 0 Å². The molecule has 2 fully saturated rings. The van der Waals surface area contributed by atoms with Gasteiger partial charge >= 0.3 is 5.97 Å². The Labute approximate surface area is 431 Å². The topological polar surface area (TPSA) is 309 Å². The molecule has 75 heavy (non-hydrogen) atoms. The molecule has 9 N–H and O–H groups in total. The summed E-state index contributed by atoms with van der Waals surface area (Å²) in [6.07, 6.45) is -6.11. The summed E-state index contributed by atoms with van der Waals surface area (Å²) in [5.41, 5.74) is -1.69. The number of ether oxygens (including phenoxy) is 3. The molecule has 3 aliphatic heterocycles. The molecule has 398 valence electrons. The molecule has 9 rings (SSSR count). The number of carbonyl (C=O) groups excluding carboxylic acids is 4. The van der Waals surface area contributed by atoms with Crippen molar-refractivity contribution in [1.29, 1.82) is 0 Å². The summed E-state index contributed by atoms with van der Waals surface area (Å²) >= 11 is 0. The summed E-state index contributed by atoms with van der Waals surface area (Å²) in [6.45, 7) is 8.05. The first-order valence-corrected chi connectivity index (χ1v) is 25.0. The average Bonchev–Trinajstić information content (AvgIpc) is 3.79. The number of hydrogen-bond donors (Lipinski definition) is 9. The fourth-order valence-electron chi connectivity index (χ4n) is 11.2. The van der Waals surface area contributed by atoms with E-state index in [9.17, 15) is 64.8 Å². The lowest BCUT2D eigenvalue weighted by atomic mass is 9.72. The highest BCUT2D eigenvalue weighted by atomic mass is 16.7. The van der Waals surface area contributed by atoms with Crippen LogP contribution < -0.4 is 15.0 Å². The van der Waals surface area contributed by atoms with E-state index in [0.29, 0.717) is 55.8 Å². The van der Waals surface area contributed by atoms with E-state index in [1.807, 2.05) is 32.9 Å². The average molecular weight is 1040 g/mol. The number of aliphatic hydroxyl groups is 3. The van der Waals surface area contributed by atoms with Crippen LogP contribution in [0.15, 0.2) is 59.7 Å². The van der Waals surface area contributed by atoms with Crippen molar-refractivity contribution in [2.75, 3.05) is 38.3 Å². The maximum Gasteiger partial charge on any atom is 0.374 e. The predicted octanol–water partition coefficient (Wildman–Crippen LogP) is 3.84. The number of carboxylic acid groups (broad SMARTS) is 1. The molecular weight excluding hydrogens is 975 g/mol. The van der Waals surface area contributed by atoms with Gasteiger partial charge in [-0.3, -0.25) is 34.0 Å². The molecule has 4 aromatic rings. The van der Waals surface area contributed by atoms with Gasteiger partial charge < -0.3 is 60.4 Å². The van der Waals surface area contributed by atoms with Crippen LogP contribution in [0.25, 0.3) is 0 Å². The number of hydrazone groups is 1. The van der Waals surface area contributed by atoms with E-state index in [1.165, 1.54) is 31.4 Å². The summed E-state index contributed by atoms with van der Waals surface area (Å²) in [4.78, 5) is 71.3. The van der Waals surface area contributed by atoms with Crippen molar-refractivity contribution in [3.8, 4) is 28.7 Å². The normalized spacial score (nSPS) is 24.9. The molecule has 3 heterocycles. The number of likely N-dealkylation sites (tertiary alicyclic amines) is 1. The number of amidine groups is 1. The Kier molecular flexibility index (Phi) is 14.4. The van der Waals surface area contributed by atoms with E-state index in [-0.39, 0.29) is 63.6 Å². The number of nitrogens with one attached hydrogen (secondary N) is 1. The lowest BCUT2D eigenvalue weighted by molar-refractivity contribution is -0.249. The van der Waals surface area contributed by atoms with E-state index < -0.39 is 114 Å². The lowest BCUT2D eigenvalue weighted by Crippen LogP contribution is -2.57. The van der Waals surface area contributed by atoms with Crippen molar-refractivity contribution in [3.05, 3.63) is 105 Å². The number of ketones is 3. The summed E-state index contributed by atoms with van der Waals surface area (Å²) in [5.74, 6) is -6.70. The molecule has 2 saturated heterocycles. The zero-order valence-electron chi connectivity index (χ0n) is 42.0. The number of aliphatic hydroxyl groups excluding tert-OH is 2. The third kappa shape index (κ3) is 9.41. The maximum absolute atomic E-state index is 14.1. The first kappa shape index (κ1) is 52.7. The molecule has 21 heteroatoms.